The number of rotatable bonds is 9. The molecule has 2 rings (SSSR count). The van der Waals surface area contributed by atoms with E-state index in [4.69, 9.17) is 5.73 Å². The first-order valence-electron chi connectivity index (χ1n) is 9.81. The first kappa shape index (κ1) is 23.8. The van der Waals surface area contributed by atoms with Crippen LogP contribution in [0, 0.1) is 0 Å². The highest BCUT2D eigenvalue weighted by atomic mass is 32.2. The van der Waals surface area contributed by atoms with E-state index in [1.807, 2.05) is 6.26 Å². The van der Waals surface area contributed by atoms with Crippen molar-refractivity contribution in [3.63, 3.8) is 0 Å². The lowest BCUT2D eigenvalue weighted by Gasteiger charge is -2.31. The Balaban J connectivity index is 2.10. The highest BCUT2D eigenvalue weighted by Gasteiger charge is 2.45. The number of nitrogens with one attached hydrogen (secondary N) is 2. The van der Waals surface area contributed by atoms with Crippen molar-refractivity contribution in [2.24, 2.45) is 5.73 Å². The van der Waals surface area contributed by atoms with Crippen molar-refractivity contribution >= 4 is 48.1 Å². The Bertz CT molecular complexity index is 635. The van der Waals surface area contributed by atoms with Gasteiger partial charge in [0.1, 0.15) is 18.1 Å². The van der Waals surface area contributed by atoms with Crippen LogP contribution in [0.1, 0.15) is 38.5 Å². The average molecular weight is 447 g/mol. The Hall–Kier alpha value is -1.46. The molecule has 0 aromatic carbocycles. The summed E-state index contributed by atoms with van der Waals surface area (Å²) in [7, 11) is 0. The van der Waals surface area contributed by atoms with Crippen molar-refractivity contribution in [3.8, 4) is 0 Å². The Kier molecular flexibility index (Phi) is 9.09. The Morgan fingerprint density at radius 2 is 2.03 bits per heavy atom. The minimum atomic E-state index is -1.09. The van der Waals surface area contributed by atoms with Gasteiger partial charge < -0.3 is 26.4 Å². The van der Waals surface area contributed by atoms with Crippen molar-refractivity contribution in [1.82, 2.24) is 15.5 Å². The van der Waals surface area contributed by atoms with Gasteiger partial charge in [-0.25, -0.2) is 4.79 Å². The lowest BCUT2D eigenvalue weighted by atomic mass is 10.1. The van der Waals surface area contributed by atoms with Crippen LogP contribution in [-0.4, -0.2) is 81.7 Å². The van der Waals surface area contributed by atoms with Gasteiger partial charge in [0.15, 0.2) is 0 Å². The predicted octanol–water partition coefficient (Wildman–Crippen LogP) is -0.406. The molecular formula is C18H30N4O5S2. The Morgan fingerprint density at radius 3 is 2.66 bits per heavy atom. The van der Waals surface area contributed by atoms with Crippen LogP contribution in [0.25, 0.3) is 0 Å². The second-order valence-electron chi connectivity index (χ2n) is 7.45. The summed E-state index contributed by atoms with van der Waals surface area (Å²) in [5.41, 5.74) is 5.69. The molecule has 164 valence electrons. The largest absolute Gasteiger partial charge is 0.480 e. The zero-order valence-corrected chi connectivity index (χ0v) is 18.2. The minimum Gasteiger partial charge on any atom is -0.480 e. The molecule has 3 amide bonds. The van der Waals surface area contributed by atoms with Gasteiger partial charge in [-0.3, -0.25) is 14.4 Å². The van der Waals surface area contributed by atoms with Gasteiger partial charge in [-0.2, -0.15) is 24.4 Å². The highest BCUT2D eigenvalue weighted by Crippen LogP contribution is 2.32. The summed E-state index contributed by atoms with van der Waals surface area (Å²) in [5.74, 6) is -1.52. The van der Waals surface area contributed by atoms with Gasteiger partial charge in [-0.1, -0.05) is 0 Å². The summed E-state index contributed by atoms with van der Waals surface area (Å²) in [4.78, 5) is 51.1. The van der Waals surface area contributed by atoms with E-state index in [9.17, 15) is 24.3 Å². The van der Waals surface area contributed by atoms with Gasteiger partial charge in [0.2, 0.25) is 17.7 Å². The fraction of sp³-hybridized carbons (Fsp3) is 0.778. The number of hydrogen-bond donors (Lipinski definition) is 5. The van der Waals surface area contributed by atoms with Crippen LogP contribution in [0.15, 0.2) is 0 Å². The molecule has 5 atom stereocenters. The van der Waals surface area contributed by atoms with Crippen LogP contribution in [-0.2, 0) is 19.2 Å². The molecule has 0 saturated carbocycles. The SMILES string of the molecule is CSCC[C@H](NC(=O)[C@@H]1CC[C@@H]2CCC[C@H](NC(=O)[C@@H](N)CS)C(=O)N21)C(=O)O. The van der Waals surface area contributed by atoms with Crippen LogP contribution in [0.5, 0.6) is 0 Å². The molecule has 0 bridgehead atoms. The quantitative estimate of drug-likeness (QED) is 0.303. The molecule has 0 aromatic rings. The van der Waals surface area contributed by atoms with Crippen molar-refractivity contribution in [2.75, 3.05) is 17.8 Å². The molecule has 0 aromatic heterocycles. The van der Waals surface area contributed by atoms with Crippen LogP contribution < -0.4 is 16.4 Å². The maximum absolute atomic E-state index is 13.1. The molecule has 29 heavy (non-hydrogen) atoms. The smallest absolute Gasteiger partial charge is 0.326 e. The van der Waals surface area contributed by atoms with Crippen molar-refractivity contribution in [1.29, 1.82) is 0 Å². The van der Waals surface area contributed by atoms with Gasteiger partial charge in [0, 0.05) is 11.8 Å². The molecule has 2 aliphatic heterocycles. The number of nitrogens with two attached hydrogens (primary N) is 1. The lowest BCUT2D eigenvalue weighted by molar-refractivity contribution is -0.145. The number of thioether (sulfide) groups is 1. The number of thiol groups is 1. The fourth-order valence-electron chi connectivity index (χ4n) is 3.87. The van der Waals surface area contributed by atoms with E-state index in [0.29, 0.717) is 31.4 Å². The van der Waals surface area contributed by atoms with Crippen molar-refractivity contribution < 1.29 is 24.3 Å². The second-order valence-corrected chi connectivity index (χ2v) is 8.81. The third kappa shape index (κ3) is 6.02. The molecule has 0 aliphatic carbocycles. The number of fused-ring (bicyclic) bond motifs is 1. The molecule has 2 heterocycles. The maximum Gasteiger partial charge on any atom is 0.326 e. The summed E-state index contributed by atoms with van der Waals surface area (Å²) >= 11 is 5.51. The summed E-state index contributed by atoms with van der Waals surface area (Å²) in [6.45, 7) is 0. The van der Waals surface area contributed by atoms with Gasteiger partial charge in [0.25, 0.3) is 0 Å². The average Bonchev–Trinajstić information content (AvgIpc) is 3.06. The van der Waals surface area contributed by atoms with E-state index < -0.39 is 42.0 Å². The lowest BCUT2D eigenvalue weighted by Crippen LogP contribution is -2.57. The number of carboxylic acids is 1. The molecule has 0 unspecified atom stereocenters. The molecule has 2 fully saturated rings. The summed E-state index contributed by atoms with van der Waals surface area (Å²) in [6, 6.07) is -3.33. The summed E-state index contributed by atoms with van der Waals surface area (Å²) in [6.07, 6.45) is 5.32. The zero-order valence-electron chi connectivity index (χ0n) is 16.5. The third-order valence-electron chi connectivity index (χ3n) is 5.46. The number of carbonyl (C=O) groups is 4. The van der Waals surface area contributed by atoms with Crippen LogP contribution in [0.4, 0.5) is 0 Å². The molecule has 5 N–H and O–H groups in total. The summed E-state index contributed by atoms with van der Waals surface area (Å²) < 4.78 is 0. The van der Waals surface area contributed by atoms with E-state index in [-0.39, 0.29) is 17.7 Å². The van der Waals surface area contributed by atoms with E-state index in [0.717, 1.165) is 12.8 Å². The van der Waals surface area contributed by atoms with E-state index in [1.54, 1.807) is 4.90 Å². The number of hydrogen-bond acceptors (Lipinski definition) is 7. The molecule has 2 saturated heterocycles. The first-order chi connectivity index (χ1) is 13.8. The first-order valence-corrected chi connectivity index (χ1v) is 11.8. The van der Waals surface area contributed by atoms with Crippen molar-refractivity contribution in [3.05, 3.63) is 0 Å². The van der Waals surface area contributed by atoms with Crippen molar-refractivity contribution in [2.45, 2.75) is 68.7 Å². The molecular weight excluding hydrogens is 416 g/mol. The number of nitrogens with zero attached hydrogens (tertiary/aromatic N) is 1. The van der Waals surface area contributed by atoms with E-state index >= 15 is 0 Å². The van der Waals surface area contributed by atoms with E-state index in [2.05, 4.69) is 23.3 Å². The zero-order chi connectivity index (χ0) is 21.6. The van der Waals surface area contributed by atoms with Crippen LogP contribution >= 0.6 is 24.4 Å². The van der Waals surface area contributed by atoms with Gasteiger partial charge in [-0.05, 0) is 50.5 Å². The monoisotopic (exact) mass is 446 g/mol. The molecule has 2 aliphatic rings. The third-order valence-corrected chi connectivity index (χ3v) is 6.50. The summed E-state index contributed by atoms with van der Waals surface area (Å²) in [5, 5.41) is 14.6. The van der Waals surface area contributed by atoms with Gasteiger partial charge in [-0.15, -0.1) is 0 Å². The Morgan fingerprint density at radius 1 is 1.31 bits per heavy atom. The molecule has 0 spiro atoms. The topological polar surface area (TPSA) is 142 Å². The normalized spacial score (nSPS) is 26.2. The maximum atomic E-state index is 13.1. The highest BCUT2D eigenvalue weighted by molar-refractivity contribution is 7.98. The number of amides is 3. The molecule has 11 heteroatoms. The van der Waals surface area contributed by atoms with Crippen LogP contribution in [0.2, 0.25) is 0 Å². The van der Waals surface area contributed by atoms with Gasteiger partial charge >= 0.3 is 5.97 Å². The van der Waals surface area contributed by atoms with E-state index in [1.165, 1.54) is 11.8 Å². The molecule has 0 radical (unpaired) electrons. The number of carbonyl (C=O) groups excluding carboxylic acids is 3. The second kappa shape index (κ2) is 11.1. The van der Waals surface area contributed by atoms with Crippen LogP contribution in [0.3, 0.4) is 0 Å². The Labute approximate surface area is 180 Å². The predicted molar refractivity (Wildman–Crippen MR) is 114 cm³/mol. The number of carboxylic acid groups (broad SMARTS) is 1. The molecule has 9 nitrogen and oxygen atoms in total. The number of aliphatic carboxylic acids is 1. The minimum absolute atomic E-state index is 0.0758. The van der Waals surface area contributed by atoms with Gasteiger partial charge in [0.05, 0.1) is 6.04 Å². The fourth-order valence-corrected chi connectivity index (χ4v) is 4.51. The standard InChI is InChI=1S/C18H30N4O5S2/c1-29-8-7-13(18(26)27)21-16(24)14-6-5-10-3-2-4-12(17(25)22(10)14)20-15(23)11(19)9-28/h10-14,28H,2-9,19H2,1H3,(H,20,23)(H,21,24)(H,26,27)/t10-,11-,12-,13-,14-/m0/s1.